The Morgan fingerprint density at radius 3 is 2.89 bits per heavy atom. The summed E-state index contributed by atoms with van der Waals surface area (Å²) in [5.41, 5.74) is 0.945. The first-order valence-corrected chi connectivity index (χ1v) is 10.3. The van der Waals surface area contributed by atoms with Crippen molar-refractivity contribution in [2.24, 2.45) is 4.99 Å². The maximum absolute atomic E-state index is 6.23. The first-order valence-electron chi connectivity index (χ1n) is 9.54. The Morgan fingerprint density at radius 2 is 2.07 bits per heavy atom. The third kappa shape index (κ3) is 5.59. The molecule has 3 rings (SSSR count). The molecule has 0 spiro atoms. The number of hydrogen-bond acceptors (Lipinski definition) is 3. The van der Waals surface area contributed by atoms with Gasteiger partial charge in [-0.15, -0.1) is 10.2 Å². The van der Waals surface area contributed by atoms with E-state index in [1.807, 2.05) is 19.1 Å². The molecule has 0 atom stereocenters. The molecule has 0 unspecified atom stereocenters. The van der Waals surface area contributed by atoms with Crippen molar-refractivity contribution in [2.45, 2.75) is 52.1 Å². The molecule has 1 aliphatic heterocycles. The summed E-state index contributed by atoms with van der Waals surface area (Å²) in [6, 6.07) is 5.48. The molecule has 0 bridgehead atoms. The first-order chi connectivity index (χ1) is 13.2. The fourth-order valence-electron chi connectivity index (χ4n) is 3.18. The average molecular weight is 409 g/mol. The van der Waals surface area contributed by atoms with Gasteiger partial charge in [-0.1, -0.05) is 35.7 Å². The minimum atomic E-state index is 0.492. The van der Waals surface area contributed by atoms with E-state index >= 15 is 0 Å². The van der Waals surface area contributed by atoms with Gasteiger partial charge in [0.15, 0.2) is 5.96 Å². The lowest BCUT2D eigenvalue weighted by Crippen LogP contribution is -2.38. The standard InChI is InChI=1S/C19H26Cl2N6/c1-2-22-19(24-13-14-7-8-15(20)12-16(14)21)23-10-9-18-26-25-17-6-4-3-5-11-27(17)18/h7-8,12H,2-6,9-11,13H2,1H3,(H2,22,23,24). The Kier molecular flexibility index (Phi) is 7.35. The summed E-state index contributed by atoms with van der Waals surface area (Å²) >= 11 is 12.2. The van der Waals surface area contributed by atoms with Crippen LogP contribution in [-0.2, 0) is 25.9 Å². The normalized spacial score (nSPS) is 14.6. The van der Waals surface area contributed by atoms with Crippen molar-refractivity contribution in [1.82, 2.24) is 25.4 Å². The number of halogens is 2. The minimum absolute atomic E-state index is 0.492. The van der Waals surface area contributed by atoms with E-state index in [1.165, 1.54) is 19.3 Å². The molecule has 0 saturated carbocycles. The Balaban J connectivity index is 1.57. The molecule has 27 heavy (non-hydrogen) atoms. The van der Waals surface area contributed by atoms with Crippen LogP contribution in [0, 0.1) is 0 Å². The Hall–Kier alpha value is -1.79. The molecule has 1 aromatic carbocycles. The molecule has 2 N–H and O–H groups in total. The van der Waals surface area contributed by atoms with Gasteiger partial charge in [0, 0.05) is 42.5 Å². The van der Waals surface area contributed by atoms with Gasteiger partial charge in [0.25, 0.3) is 0 Å². The third-order valence-corrected chi connectivity index (χ3v) is 5.18. The number of aryl methyl sites for hydroxylation is 1. The number of fused-ring (bicyclic) bond motifs is 1. The molecule has 146 valence electrons. The monoisotopic (exact) mass is 408 g/mol. The van der Waals surface area contributed by atoms with E-state index < -0.39 is 0 Å². The number of benzene rings is 1. The number of nitrogens with one attached hydrogen (secondary N) is 2. The number of hydrogen-bond donors (Lipinski definition) is 2. The van der Waals surface area contributed by atoms with Crippen molar-refractivity contribution in [3.8, 4) is 0 Å². The second kappa shape index (κ2) is 9.95. The zero-order chi connectivity index (χ0) is 19.1. The predicted octanol–water partition coefficient (Wildman–Crippen LogP) is 3.61. The summed E-state index contributed by atoms with van der Waals surface area (Å²) in [5.74, 6) is 2.94. The lowest BCUT2D eigenvalue weighted by molar-refractivity contribution is 0.600. The van der Waals surface area contributed by atoms with Crippen LogP contribution in [0.5, 0.6) is 0 Å². The van der Waals surface area contributed by atoms with Gasteiger partial charge in [0.05, 0.1) is 6.54 Å². The number of aliphatic imine (C=N–C) groups is 1. The summed E-state index contributed by atoms with van der Waals surface area (Å²) in [5, 5.41) is 16.6. The Bertz CT molecular complexity index is 787. The smallest absolute Gasteiger partial charge is 0.191 e. The fourth-order valence-corrected chi connectivity index (χ4v) is 3.65. The van der Waals surface area contributed by atoms with Gasteiger partial charge in [0.1, 0.15) is 11.6 Å². The summed E-state index contributed by atoms with van der Waals surface area (Å²) in [6.45, 7) is 5.11. The van der Waals surface area contributed by atoms with Crippen LogP contribution in [0.25, 0.3) is 0 Å². The Morgan fingerprint density at radius 1 is 1.19 bits per heavy atom. The lowest BCUT2D eigenvalue weighted by Gasteiger charge is -2.12. The molecule has 8 heteroatoms. The van der Waals surface area contributed by atoms with Crippen molar-refractivity contribution in [2.75, 3.05) is 13.1 Å². The summed E-state index contributed by atoms with van der Waals surface area (Å²) in [6.07, 6.45) is 5.54. The quantitative estimate of drug-likeness (QED) is 0.565. The van der Waals surface area contributed by atoms with E-state index in [2.05, 4.69) is 30.4 Å². The summed E-state index contributed by atoms with van der Waals surface area (Å²) < 4.78 is 2.28. The topological polar surface area (TPSA) is 67.1 Å². The van der Waals surface area contributed by atoms with Crippen LogP contribution in [0.1, 0.15) is 43.4 Å². The van der Waals surface area contributed by atoms with E-state index in [0.717, 1.165) is 55.6 Å². The largest absolute Gasteiger partial charge is 0.357 e. The highest BCUT2D eigenvalue weighted by Crippen LogP contribution is 2.21. The zero-order valence-electron chi connectivity index (χ0n) is 15.6. The van der Waals surface area contributed by atoms with Gasteiger partial charge in [0.2, 0.25) is 0 Å². The van der Waals surface area contributed by atoms with Crippen molar-refractivity contribution in [3.63, 3.8) is 0 Å². The molecule has 2 aromatic rings. The van der Waals surface area contributed by atoms with Crippen molar-refractivity contribution in [1.29, 1.82) is 0 Å². The molecule has 1 aliphatic rings. The van der Waals surface area contributed by atoms with Crippen LogP contribution >= 0.6 is 23.2 Å². The van der Waals surface area contributed by atoms with E-state index in [0.29, 0.717) is 16.6 Å². The van der Waals surface area contributed by atoms with Gasteiger partial charge >= 0.3 is 0 Å². The molecule has 0 fully saturated rings. The Labute approximate surface area is 170 Å². The molecule has 0 aliphatic carbocycles. The number of nitrogens with zero attached hydrogens (tertiary/aromatic N) is 4. The first kappa shape index (κ1) is 20.0. The predicted molar refractivity (Wildman–Crippen MR) is 111 cm³/mol. The van der Waals surface area contributed by atoms with Crippen LogP contribution in [0.3, 0.4) is 0 Å². The lowest BCUT2D eigenvalue weighted by atomic mass is 10.2. The van der Waals surface area contributed by atoms with Gasteiger partial charge < -0.3 is 15.2 Å². The molecular formula is C19H26Cl2N6. The number of rotatable bonds is 6. The molecule has 0 radical (unpaired) electrons. The number of guanidine groups is 1. The molecule has 0 amide bonds. The van der Waals surface area contributed by atoms with Crippen molar-refractivity contribution >= 4 is 29.2 Å². The van der Waals surface area contributed by atoms with E-state index in [9.17, 15) is 0 Å². The summed E-state index contributed by atoms with van der Waals surface area (Å²) in [7, 11) is 0. The molecular weight excluding hydrogens is 383 g/mol. The van der Waals surface area contributed by atoms with Gasteiger partial charge in [-0.25, -0.2) is 4.99 Å². The minimum Gasteiger partial charge on any atom is -0.357 e. The van der Waals surface area contributed by atoms with Gasteiger partial charge in [-0.3, -0.25) is 0 Å². The highest BCUT2D eigenvalue weighted by atomic mass is 35.5. The molecule has 1 aromatic heterocycles. The van der Waals surface area contributed by atoms with Gasteiger partial charge in [-0.2, -0.15) is 0 Å². The maximum Gasteiger partial charge on any atom is 0.191 e. The average Bonchev–Trinajstić information content (AvgIpc) is 2.87. The van der Waals surface area contributed by atoms with Crippen LogP contribution < -0.4 is 10.6 Å². The molecule has 2 heterocycles. The summed E-state index contributed by atoms with van der Waals surface area (Å²) in [4.78, 5) is 4.62. The fraction of sp³-hybridized carbons (Fsp3) is 0.526. The van der Waals surface area contributed by atoms with E-state index in [1.54, 1.807) is 6.07 Å². The maximum atomic E-state index is 6.23. The number of aromatic nitrogens is 3. The van der Waals surface area contributed by atoms with Crippen LogP contribution in [0.2, 0.25) is 10.0 Å². The second-order valence-electron chi connectivity index (χ2n) is 6.60. The van der Waals surface area contributed by atoms with Crippen molar-refractivity contribution in [3.05, 3.63) is 45.5 Å². The van der Waals surface area contributed by atoms with Crippen LogP contribution in [-0.4, -0.2) is 33.8 Å². The highest BCUT2D eigenvalue weighted by molar-refractivity contribution is 6.35. The molecule has 0 saturated heterocycles. The van der Waals surface area contributed by atoms with Crippen LogP contribution in [0.4, 0.5) is 0 Å². The SMILES string of the molecule is CCNC(=NCc1ccc(Cl)cc1Cl)NCCc1nnc2n1CCCCC2. The van der Waals surface area contributed by atoms with E-state index in [4.69, 9.17) is 23.2 Å². The van der Waals surface area contributed by atoms with Gasteiger partial charge in [-0.05, 0) is 37.5 Å². The van der Waals surface area contributed by atoms with E-state index in [-0.39, 0.29) is 0 Å². The zero-order valence-corrected chi connectivity index (χ0v) is 17.2. The van der Waals surface area contributed by atoms with Crippen LogP contribution in [0.15, 0.2) is 23.2 Å². The third-order valence-electron chi connectivity index (χ3n) is 4.59. The van der Waals surface area contributed by atoms with Crippen molar-refractivity contribution < 1.29 is 0 Å². The highest BCUT2D eigenvalue weighted by Gasteiger charge is 2.14. The molecule has 6 nitrogen and oxygen atoms in total. The second-order valence-corrected chi connectivity index (χ2v) is 7.45.